The van der Waals surface area contributed by atoms with Gasteiger partial charge >= 0.3 is 0 Å². The number of thioether (sulfide) groups is 1. The lowest BCUT2D eigenvalue weighted by atomic mass is 9.87. The van der Waals surface area contributed by atoms with Crippen LogP contribution in [0.15, 0.2) is 23.1 Å². The lowest BCUT2D eigenvalue weighted by molar-refractivity contribution is -0.119. The second-order valence-electron chi connectivity index (χ2n) is 4.79. The van der Waals surface area contributed by atoms with Crippen molar-refractivity contribution in [1.29, 1.82) is 0 Å². The molecule has 1 aromatic carbocycles. The molecule has 0 atom stereocenters. The van der Waals surface area contributed by atoms with E-state index in [2.05, 4.69) is 5.32 Å². The molecule has 1 aliphatic carbocycles. The minimum absolute atomic E-state index is 0.139. The molecule has 1 aliphatic heterocycles. The summed E-state index contributed by atoms with van der Waals surface area (Å²) in [4.78, 5) is 13.2. The number of phenols is 1. The van der Waals surface area contributed by atoms with E-state index in [9.17, 15) is 9.90 Å². The molecule has 0 unspecified atom stereocenters. The summed E-state index contributed by atoms with van der Waals surface area (Å²) in [6, 6.07) is 5.12. The number of fused-ring (bicyclic) bond motifs is 1. The minimum atomic E-state index is -0.293. The number of anilines is 1. The van der Waals surface area contributed by atoms with Gasteiger partial charge in [-0.05, 0) is 31.0 Å². The topological polar surface area (TPSA) is 49.3 Å². The Labute approximate surface area is 105 Å². The molecule has 3 rings (SSSR count). The standard InChI is InChI=1S/C13H15NO2S/c15-9-4-5-10-11(8-9)17-13(12(16)14-10)6-2-1-3-7-13/h4-5,8,15H,1-3,6-7H2,(H,14,16). The van der Waals surface area contributed by atoms with Crippen molar-refractivity contribution >= 4 is 23.4 Å². The average molecular weight is 249 g/mol. The highest BCUT2D eigenvalue weighted by atomic mass is 32.2. The molecule has 17 heavy (non-hydrogen) atoms. The summed E-state index contributed by atoms with van der Waals surface area (Å²) >= 11 is 1.63. The molecule has 2 N–H and O–H groups in total. The summed E-state index contributed by atoms with van der Waals surface area (Å²) in [5.41, 5.74) is 0.828. The largest absolute Gasteiger partial charge is 0.508 e. The second kappa shape index (κ2) is 3.95. The van der Waals surface area contributed by atoms with Gasteiger partial charge in [0.25, 0.3) is 0 Å². The van der Waals surface area contributed by atoms with E-state index < -0.39 is 0 Å². The number of carbonyl (C=O) groups excluding carboxylic acids is 1. The Morgan fingerprint density at radius 1 is 1.24 bits per heavy atom. The third kappa shape index (κ3) is 1.80. The van der Waals surface area contributed by atoms with Crippen molar-refractivity contribution in [2.24, 2.45) is 0 Å². The van der Waals surface area contributed by atoms with Crippen LogP contribution >= 0.6 is 11.8 Å². The molecule has 1 spiro atoms. The molecule has 2 aliphatic rings. The normalized spacial score (nSPS) is 22.0. The summed E-state index contributed by atoms with van der Waals surface area (Å²) in [5.74, 6) is 0.402. The van der Waals surface area contributed by atoms with E-state index in [0.717, 1.165) is 36.3 Å². The zero-order chi connectivity index (χ0) is 11.9. The molecule has 0 radical (unpaired) electrons. The van der Waals surface area contributed by atoms with Gasteiger partial charge in [0.15, 0.2) is 0 Å². The van der Waals surface area contributed by atoms with E-state index in [1.165, 1.54) is 6.42 Å². The van der Waals surface area contributed by atoms with Gasteiger partial charge in [0.05, 0.1) is 10.4 Å². The number of phenolic OH excluding ortho intramolecular Hbond substituents is 1. The van der Waals surface area contributed by atoms with E-state index in [-0.39, 0.29) is 16.4 Å². The first kappa shape index (κ1) is 11.0. The zero-order valence-corrected chi connectivity index (χ0v) is 10.3. The average Bonchev–Trinajstić information content (AvgIpc) is 2.32. The highest BCUT2D eigenvalue weighted by Crippen LogP contribution is 2.50. The molecule has 0 bridgehead atoms. The van der Waals surface area contributed by atoms with Crippen molar-refractivity contribution in [3.05, 3.63) is 18.2 Å². The predicted octanol–water partition coefficient (Wildman–Crippen LogP) is 3.14. The fraction of sp³-hybridized carbons (Fsp3) is 0.462. The lowest BCUT2D eigenvalue weighted by Crippen LogP contribution is -2.43. The van der Waals surface area contributed by atoms with Crippen molar-refractivity contribution < 1.29 is 9.90 Å². The van der Waals surface area contributed by atoms with Crippen molar-refractivity contribution in [1.82, 2.24) is 0 Å². The van der Waals surface area contributed by atoms with Crippen LogP contribution in [0.25, 0.3) is 0 Å². The Hall–Kier alpha value is -1.16. The first-order valence-electron chi connectivity index (χ1n) is 6.03. The molecule has 1 saturated carbocycles. The quantitative estimate of drug-likeness (QED) is 0.694. The Bertz CT molecular complexity index is 466. The van der Waals surface area contributed by atoms with E-state index in [0.29, 0.717) is 0 Å². The number of amides is 1. The van der Waals surface area contributed by atoms with E-state index in [4.69, 9.17) is 0 Å². The van der Waals surface area contributed by atoms with Crippen molar-refractivity contribution in [3.8, 4) is 5.75 Å². The van der Waals surface area contributed by atoms with Gasteiger partial charge in [0.2, 0.25) is 5.91 Å². The molecule has 1 heterocycles. The van der Waals surface area contributed by atoms with Crippen LogP contribution in [-0.2, 0) is 4.79 Å². The molecule has 3 nitrogen and oxygen atoms in total. The monoisotopic (exact) mass is 249 g/mol. The highest BCUT2D eigenvalue weighted by Gasteiger charge is 2.43. The highest BCUT2D eigenvalue weighted by molar-refractivity contribution is 8.01. The Kier molecular flexibility index (Phi) is 2.54. The SMILES string of the molecule is O=C1Nc2ccc(O)cc2SC12CCCCC2. The first-order chi connectivity index (χ1) is 8.20. The van der Waals surface area contributed by atoms with E-state index >= 15 is 0 Å². The Morgan fingerprint density at radius 3 is 2.76 bits per heavy atom. The molecule has 1 aromatic rings. The van der Waals surface area contributed by atoms with Gasteiger partial charge in [0, 0.05) is 4.90 Å². The van der Waals surface area contributed by atoms with Gasteiger partial charge in [-0.1, -0.05) is 19.3 Å². The second-order valence-corrected chi connectivity index (χ2v) is 6.22. The van der Waals surface area contributed by atoms with Gasteiger partial charge in [-0.2, -0.15) is 0 Å². The lowest BCUT2D eigenvalue weighted by Gasteiger charge is -2.38. The smallest absolute Gasteiger partial charge is 0.241 e. The van der Waals surface area contributed by atoms with Crippen molar-refractivity contribution in [2.45, 2.75) is 41.7 Å². The molecule has 0 saturated heterocycles. The number of carbonyl (C=O) groups is 1. The predicted molar refractivity (Wildman–Crippen MR) is 68.4 cm³/mol. The van der Waals surface area contributed by atoms with Crippen molar-refractivity contribution in [3.63, 3.8) is 0 Å². The van der Waals surface area contributed by atoms with Crippen LogP contribution in [0.2, 0.25) is 0 Å². The molecular weight excluding hydrogens is 234 g/mol. The van der Waals surface area contributed by atoms with Crippen LogP contribution in [0, 0.1) is 0 Å². The maximum absolute atomic E-state index is 12.2. The third-order valence-electron chi connectivity index (χ3n) is 3.59. The fourth-order valence-corrected chi connectivity index (χ4v) is 4.11. The van der Waals surface area contributed by atoms with Crippen LogP contribution in [-0.4, -0.2) is 15.8 Å². The molecular formula is C13H15NO2S. The molecule has 4 heteroatoms. The maximum atomic E-state index is 12.2. The number of nitrogens with one attached hydrogen (secondary N) is 1. The number of benzene rings is 1. The zero-order valence-electron chi connectivity index (χ0n) is 9.53. The molecule has 1 amide bonds. The summed E-state index contributed by atoms with van der Waals surface area (Å²) in [6.45, 7) is 0. The van der Waals surface area contributed by atoms with Gasteiger partial charge in [-0.25, -0.2) is 0 Å². The number of rotatable bonds is 0. The third-order valence-corrected chi connectivity index (χ3v) is 5.14. The van der Waals surface area contributed by atoms with Crippen LogP contribution < -0.4 is 5.32 Å². The molecule has 90 valence electrons. The Morgan fingerprint density at radius 2 is 2.00 bits per heavy atom. The van der Waals surface area contributed by atoms with Crippen LogP contribution in [0.5, 0.6) is 5.75 Å². The molecule has 1 fully saturated rings. The number of hydrogen-bond donors (Lipinski definition) is 2. The minimum Gasteiger partial charge on any atom is -0.508 e. The number of aromatic hydroxyl groups is 1. The summed E-state index contributed by atoms with van der Waals surface area (Å²) in [6.07, 6.45) is 5.35. The fourth-order valence-electron chi connectivity index (χ4n) is 2.64. The van der Waals surface area contributed by atoms with Gasteiger partial charge in [-0.15, -0.1) is 11.8 Å². The van der Waals surface area contributed by atoms with Gasteiger partial charge < -0.3 is 10.4 Å². The van der Waals surface area contributed by atoms with Crippen LogP contribution in [0.4, 0.5) is 5.69 Å². The summed E-state index contributed by atoms with van der Waals surface area (Å²) in [7, 11) is 0. The number of hydrogen-bond acceptors (Lipinski definition) is 3. The maximum Gasteiger partial charge on any atom is 0.241 e. The van der Waals surface area contributed by atoms with Gasteiger partial charge in [0.1, 0.15) is 5.75 Å². The van der Waals surface area contributed by atoms with Crippen LogP contribution in [0.3, 0.4) is 0 Å². The van der Waals surface area contributed by atoms with Gasteiger partial charge in [-0.3, -0.25) is 4.79 Å². The first-order valence-corrected chi connectivity index (χ1v) is 6.85. The summed E-state index contributed by atoms with van der Waals surface area (Å²) in [5, 5.41) is 12.5. The Balaban J connectivity index is 1.98. The molecule has 0 aromatic heterocycles. The van der Waals surface area contributed by atoms with E-state index in [1.807, 2.05) is 0 Å². The van der Waals surface area contributed by atoms with Crippen molar-refractivity contribution in [2.75, 3.05) is 5.32 Å². The van der Waals surface area contributed by atoms with Crippen LogP contribution in [0.1, 0.15) is 32.1 Å². The summed E-state index contributed by atoms with van der Waals surface area (Å²) < 4.78 is -0.293. The van der Waals surface area contributed by atoms with E-state index in [1.54, 1.807) is 30.0 Å².